The highest BCUT2D eigenvalue weighted by Gasteiger charge is 2.36. The second-order valence-corrected chi connectivity index (χ2v) is 4.78. The summed E-state index contributed by atoms with van der Waals surface area (Å²) in [5.41, 5.74) is 5.63. The molecule has 1 rings (SSSR count). The highest BCUT2D eigenvalue weighted by molar-refractivity contribution is 5.82. The molecule has 112 valence electrons. The second kappa shape index (κ2) is 6.53. The Hall–Kier alpha value is -0.860. The van der Waals surface area contributed by atoms with Crippen molar-refractivity contribution in [2.45, 2.75) is 25.2 Å². The van der Waals surface area contributed by atoms with Gasteiger partial charge in [-0.25, -0.2) is 0 Å². The smallest absolute Gasteiger partial charge is 0.383 e. The number of nitrogens with two attached hydrogens (primary N) is 1. The van der Waals surface area contributed by atoms with Crippen molar-refractivity contribution < 1.29 is 22.7 Å². The fourth-order valence-electron chi connectivity index (χ4n) is 2.15. The monoisotopic (exact) mass is 283 g/mol. The Kier molecular flexibility index (Phi) is 5.57. The van der Waals surface area contributed by atoms with E-state index in [-0.39, 0.29) is 38.2 Å². The first-order valence-electron chi connectivity index (χ1n) is 6.08. The first kappa shape index (κ1) is 16.2. The van der Waals surface area contributed by atoms with Crippen LogP contribution < -0.4 is 5.73 Å². The third-order valence-electron chi connectivity index (χ3n) is 3.12. The van der Waals surface area contributed by atoms with Crippen molar-refractivity contribution in [2.75, 3.05) is 39.9 Å². The summed E-state index contributed by atoms with van der Waals surface area (Å²) in [6, 6.07) is -1.10. The number of hydrogen-bond donors (Lipinski definition) is 1. The molecule has 1 aliphatic rings. The van der Waals surface area contributed by atoms with Gasteiger partial charge >= 0.3 is 6.18 Å². The molecular formula is C11H20F3N3O2. The van der Waals surface area contributed by atoms with E-state index in [2.05, 4.69) is 0 Å². The normalized spacial score (nSPS) is 23.5. The average Bonchev–Trinajstić information content (AvgIpc) is 2.29. The van der Waals surface area contributed by atoms with Gasteiger partial charge in [0.2, 0.25) is 5.91 Å². The van der Waals surface area contributed by atoms with E-state index in [9.17, 15) is 18.0 Å². The number of carbonyl (C=O) groups excluding carboxylic acids is 1. The van der Waals surface area contributed by atoms with Gasteiger partial charge in [0, 0.05) is 32.8 Å². The molecule has 1 fully saturated rings. The van der Waals surface area contributed by atoms with Crippen LogP contribution in [0.25, 0.3) is 0 Å². The molecule has 8 heteroatoms. The average molecular weight is 283 g/mol. The van der Waals surface area contributed by atoms with Crippen molar-refractivity contribution in [1.29, 1.82) is 0 Å². The zero-order valence-electron chi connectivity index (χ0n) is 11.1. The molecule has 0 aromatic rings. The first-order valence-corrected chi connectivity index (χ1v) is 6.08. The molecule has 0 aliphatic carbocycles. The van der Waals surface area contributed by atoms with Crippen molar-refractivity contribution in [1.82, 2.24) is 9.80 Å². The molecule has 0 aromatic heterocycles. The Labute approximate surface area is 110 Å². The summed E-state index contributed by atoms with van der Waals surface area (Å²) in [4.78, 5) is 14.7. The summed E-state index contributed by atoms with van der Waals surface area (Å²) < 4.78 is 41.8. The maximum atomic E-state index is 12.3. The van der Waals surface area contributed by atoms with Crippen LogP contribution >= 0.6 is 0 Å². The fraction of sp³-hybridized carbons (Fsp3) is 0.909. The molecule has 0 bridgehead atoms. The lowest BCUT2D eigenvalue weighted by Crippen LogP contribution is -2.58. The molecular weight excluding hydrogens is 263 g/mol. The van der Waals surface area contributed by atoms with Crippen molar-refractivity contribution in [3.63, 3.8) is 0 Å². The van der Waals surface area contributed by atoms with Gasteiger partial charge in [-0.15, -0.1) is 0 Å². The molecule has 1 heterocycles. The lowest BCUT2D eigenvalue weighted by molar-refractivity contribution is -0.158. The van der Waals surface area contributed by atoms with Crippen LogP contribution in [0.15, 0.2) is 0 Å². The lowest BCUT2D eigenvalue weighted by atomic mass is 10.1. The lowest BCUT2D eigenvalue weighted by Gasteiger charge is -2.40. The van der Waals surface area contributed by atoms with Crippen LogP contribution in [0.2, 0.25) is 0 Å². The number of methoxy groups -OCH3 is 1. The number of nitrogens with zero attached hydrogens (tertiary/aromatic N) is 2. The molecule has 1 saturated heterocycles. The summed E-state index contributed by atoms with van der Waals surface area (Å²) in [6.07, 6.45) is -4.22. The highest BCUT2D eigenvalue weighted by atomic mass is 19.4. The number of hydrogen-bond acceptors (Lipinski definition) is 4. The van der Waals surface area contributed by atoms with E-state index in [0.717, 1.165) is 0 Å². The minimum Gasteiger partial charge on any atom is -0.383 e. The van der Waals surface area contributed by atoms with Gasteiger partial charge in [0.25, 0.3) is 0 Å². The van der Waals surface area contributed by atoms with Crippen molar-refractivity contribution in [3.05, 3.63) is 0 Å². The van der Waals surface area contributed by atoms with E-state index in [0.29, 0.717) is 0 Å². The molecule has 1 aliphatic heterocycles. The number of carbonyl (C=O) groups is 1. The van der Waals surface area contributed by atoms with Gasteiger partial charge < -0.3 is 15.4 Å². The predicted molar refractivity (Wildman–Crippen MR) is 63.5 cm³/mol. The minimum absolute atomic E-state index is 0.107. The maximum Gasteiger partial charge on any atom is 0.401 e. The van der Waals surface area contributed by atoms with Crippen LogP contribution in [-0.4, -0.2) is 73.9 Å². The Balaban J connectivity index is 2.51. The van der Waals surface area contributed by atoms with Crippen LogP contribution in [-0.2, 0) is 9.53 Å². The van der Waals surface area contributed by atoms with Gasteiger partial charge in [0.05, 0.1) is 13.2 Å². The van der Waals surface area contributed by atoms with Crippen molar-refractivity contribution >= 4 is 5.91 Å². The van der Waals surface area contributed by atoms with Gasteiger partial charge in [0.15, 0.2) is 0 Å². The first-order chi connectivity index (χ1) is 8.74. The fourth-order valence-corrected chi connectivity index (χ4v) is 2.15. The van der Waals surface area contributed by atoms with Crippen LogP contribution in [0, 0.1) is 0 Å². The van der Waals surface area contributed by atoms with Gasteiger partial charge in [0.1, 0.15) is 6.04 Å². The number of halogens is 3. The predicted octanol–water partition coefficient (Wildman–Crippen LogP) is 0.0551. The Morgan fingerprint density at radius 3 is 2.58 bits per heavy atom. The van der Waals surface area contributed by atoms with Crippen LogP contribution in [0.3, 0.4) is 0 Å². The van der Waals surface area contributed by atoms with E-state index in [1.165, 1.54) is 16.9 Å². The molecule has 0 radical (unpaired) electrons. The molecule has 0 aromatic carbocycles. The van der Waals surface area contributed by atoms with Crippen LogP contribution in [0.4, 0.5) is 13.2 Å². The quantitative estimate of drug-likeness (QED) is 0.792. The molecule has 2 unspecified atom stereocenters. The summed E-state index contributed by atoms with van der Waals surface area (Å²) in [5, 5.41) is 0. The number of rotatable bonds is 4. The Morgan fingerprint density at radius 2 is 2.11 bits per heavy atom. The SMILES string of the molecule is COCC(N)C(=O)N1CCN(CC(F)(F)F)C(C)C1. The minimum atomic E-state index is -4.22. The summed E-state index contributed by atoms with van der Waals surface area (Å²) in [7, 11) is 1.44. The van der Waals surface area contributed by atoms with Gasteiger partial charge in [-0.3, -0.25) is 9.69 Å². The second-order valence-electron chi connectivity index (χ2n) is 4.78. The van der Waals surface area contributed by atoms with E-state index in [4.69, 9.17) is 10.5 Å². The van der Waals surface area contributed by atoms with Crippen LogP contribution in [0.5, 0.6) is 0 Å². The van der Waals surface area contributed by atoms with Crippen molar-refractivity contribution in [2.24, 2.45) is 5.73 Å². The van der Waals surface area contributed by atoms with Gasteiger partial charge in [-0.2, -0.15) is 13.2 Å². The molecule has 5 nitrogen and oxygen atoms in total. The Bertz CT molecular complexity index is 312. The molecule has 1 amide bonds. The maximum absolute atomic E-state index is 12.3. The van der Waals surface area contributed by atoms with Gasteiger partial charge in [-0.1, -0.05) is 0 Å². The van der Waals surface area contributed by atoms with E-state index < -0.39 is 18.8 Å². The summed E-state index contributed by atoms with van der Waals surface area (Å²) in [6.45, 7) is 1.55. The largest absolute Gasteiger partial charge is 0.401 e. The van der Waals surface area contributed by atoms with E-state index in [1.54, 1.807) is 6.92 Å². The van der Waals surface area contributed by atoms with Gasteiger partial charge in [-0.05, 0) is 6.92 Å². The number of piperazine rings is 1. The zero-order valence-corrected chi connectivity index (χ0v) is 11.1. The summed E-state index contributed by atoms with van der Waals surface area (Å²) in [5.74, 6) is -0.277. The number of ether oxygens (including phenoxy) is 1. The standard InChI is InChI=1S/C11H20F3N3O2/c1-8-5-16(10(18)9(15)6-19-2)3-4-17(8)7-11(12,13)14/h8-9H,3-7,15H2,1-2H3. The van der Waals surface area contributed by atoms with E-state index in [1.807, 2.05) is 0 Å². The molecule has 2 N–H and O–H groups in total. The third kappa shape index (κ3) is 4.96. The summed E-state index contributed by atoms with van der Waals surface area (Å²) >= 11 is 0. The number of amides is 1. The molecule has 19 heavy (non-hydrogen) atoms. The molecule has 2 atom stereocenters. The van der Waals surface area contributed by atoms with Crippen molar-refractivity contribution in [3.8, 4) is 0 Å². The number of alkyl halides is 3. The van der Waals surface area contributed by atoms with Crippen LogP contribution in [0.1, 0.15) is 6.92 Å². The molecule has 0 saturated carbocycles. The topological polar surface area (TPSA) is 58.8 Å². The highest BCUT2D eigenvalue weighted by Crippen LogP contribution is 2.20. The zero-order chi connectivity index (χ0) is 14.6. The Morgan fingerprint density at radius 1 is 1.47 bits per heavy atom. The van der Waals surface area contributed by atoms with E-state index >= 15 is 0 Å². The third-order valence-corrected chi connectivity index (χ3v) is 3.12. The molecule has 0 spiro atoms.